The Hall–Kier alpha value is -0.200. The average molecular weight is 545 g/mol. The lowest BCUT2D eigenvalue weighted by Gasteiger charge is -2.17. The molecule has 2 unspecified atom stereocenters. The van der Waals surface area contributed by atoms with Crippen LogP contribution in [0.5, 0.6) is 0 Å². The first kappa shape index (κ1) is 37.8. The Kier molecular flexibility index (Phi) is 31.2. The van der Waals surface area contributed by atoms with Crippen molar-refractivity contribution in [3.05, 3.63) is 0 Å². The second-order valence-electron chi connectivity index (χ2n) is 12.0. The van der Waals surface area contributed by atoms with Gasteiger partial charge in [0.1, 0.15) is 0 Å². The molecule has 0 fully saturated rings. The largest absolute Gasteiger partial charge is 0.396 e. The highest BCUT2D eigenvalue weighted by atomic mass is 16.5. The van der Waals surface area contributed by atoms with Crippen molar-refractivity contribution in [3.8, 4) is 0 Å². The van der Waals surface area contributed by atoms with Gasteiger partial charge in [-0.1, -0.05) is 135 Å². The van der Waals surface area contributed by atoms with Gasteiger partial charge in [0.2, 0.25) is 0 Å². The smallest absolute Gasteiger partial charge is 0.151 e. The number of rotatable bonds is 32. The summed E-state index contributed by atoms with van der Waals surface area (Å²) in [7, 11) is 0. The van der Waals surface area contributed by atoms with Crippen LogP contribution in [-0.4, -0.2) is 51.1 Å². The molecular weight excluding hydrogens is 476 g/mol. The molecule has 38 heavy (non-hydrogen) atoms. The molecule has 0 aromatic heterocycles. The molecule has 0 aromatic rings. The van der Waals surface area contributed by atoms with Crippen molar-refractivity contribution in [2.24, 2.45) is 5.92 Å². The van der Waals surface area contributed by atoms with Gasteiger partial charge in [0, 0.05) is 13.2 Å². The van der Waals surface area contributed by atoms with Crippen LogP contribution in [0, 0.1) is 5.92 Å². The average Bonchev–Trinajstić information content (AvgIpc) is 2.90. The Balaban J connectivity index is 3.56. The lowest BCUT2D eigenvalue weighted by molar-refractivity contribution is -0.0466. The highest BCUT2D eigenvalue weighted by Crippen LogP contribution is 2.24. The molecule has 5 N–H and O–H groups in total. The minimum Gasteiger partial charge on any atom is -0.396 e. The number of unbranched alkanes of at least 4 members (excludes halogenated alkanes) is 18. The summed E-state index contributed by atoms with van der Waals surface area (Å²) in [5.74, 6) is 0.727. The van der Waals surface area contributed by atoms with Gasteiger partial charge in [-0.15, -0.1) is 0 Å². The van der Waals surface area contributed by atoms with Crippen molar-refractivity contribution in [2.45, 2.75) is 192 Å². The highest BCUT2D eigenvalue weighted by molar-refractivity contribution is 4.63. The topological polar surface area (TPSA) is 101 Å². The van der Waals surface area contributed by atoms with Gasteiger partial charge in [-0.3, -0.25) is 0 Å². The molecule has 0 saturated carbocycles. The second-order valence-corrected chi connectivity index (χ2v) is 12.0. The Morgan fingerprint density at radius 1 is 0.289 bits per heavy atom. The quantitative estimate of drug-likeness (QED) is 0.0434. The molecule has 5 nitrogen and oxygen atoms in total. The molecule has 0 spiro atoms. The minimum absolute atomic E-state index is 0.219. The van der Waals surface area contributed by atoms with E-state index in [-0.39, 0.29) is 6.10 Å². The molecule has 0 amide bonds. The van der Waals surface area contributed by atoms with Gasteiger partial charge in [0.05, 0.1) is 6.10 Å². The van der Waals surface area contributed by atoms with Gasteiger partial charge in [-0.2, -0.15) is 0 Å². The third-order valence-corrected chi connectivity index (χ3v) is 8.19. The van der Waals surface area contributed by atoms with Crippen LogP contribution in [-0.2, 0) is 0 Å². The molecule has 5 heteroatoms. The van der Waals surface area contributed by atoms with E-state index in [1.807, 2.05) is 0 Å². The van der Waals surface area contributed by atoms with Gasteiger partial charge < -0.3 is 25.5 Å². The molecule has 0 saturated heterocycles. The molecule has 2 atom stereocenters. The maximum atomic E-state index is 10.2. The van der Waals surface area contributed by atoms with Gasteiger partial charge in [0.15, 0.2) is 6.29 Å². The summed E-state index contributed by atoms with van der Waals surface area (Å²) >= 11 is 0. The summed E-state index contributed by atoms with van der Waals surface area (Å²) in [6, 6.07) is 0. The Bertz CT molecular complexity index is 432. The van der Waals surface area contributed by atoms with Crippen LogP contribution >= 0.6 is 0 Å². The summed E-state index contributed by atoms with van der Waals surface area (Å²) in [4.78, 5) is 0. The summed E-state index contributed by atoms with van der Waals surface area (Å²) in [5, 5.41) is 46.0. The summed E-state index contributed by atoms with van der Waals surface area (Å²) < 4.78 is 0. The molecule has 0 aliphatic carbocycles. The number of aliphatic hydroxyl groups is 5. The number of hydrogen-bond acceptors (Lipinski definition) is 5. The van der Waals surface area contributed by atoms with Crippen LogP contribution in [0.3, 0.4) is 0 Å². The summed E-state index contributed by atoms with van der Waals surface area (Å²) in [6.45, 7) is 0.650. The Morgan fingerprint density at radius 2 is 0.579 bits per heavy atom. The molecule has 0 aliphatic rings. The van der Waals surface area contributed by atoms with E-state index in [4.69, 9.17) is 15.3 Å². The van der Waals surface area contributed by atoms with E-state index in [9.17, 15) is 10.2 Å². The maximum absolute atomic E-state index is 10.2. The number of hydrogen-bond donors (Lipinski definition) is 5. The molecule has 0 aromatic carbocycles. The van der Waals surface area contributed by atoms with E-state index >= 15 is 0 Å². The van der Waals surface area contributed by atoms with Crippen molar-refractivity contribution >= 4 is 0 Å². The van der Waals surface area contributed by atoms with Crippen LogP contribution in [0.1, 0.15) is 180 Å². The van der Waals surface area contributed by atoms with E-state index in [0.717, 1.165) is 63.7 Å². The zero-order chi connectivity index (χ0) is 27.9. The standard InChI is InChI=1S/C33H68O5/c34-29-21-14-12-10-8-6-4-2-1-3-5-7-9-11-13-16-23-31(25-22-30-35)24-19-20-27-32(36)26-17-15-18-28-33(37)38/h31-38H,1-30H2. The molecular formula is C33H68O5. The third-order valence-electron chi connectivity index (χ3n) is 8.19. The van der Waals surface area contributed by atoms with Crippen molar-refractivity contribution in [3.63, 3.8) is 0 Å². The summed E-state index contributed by atoms with van der Waals surface area (Å²) in [5.41, 5.74) is 0. The highest BCUT2D eigenvalue weighted by Gasteiger charge is 2.10. The van der Waals surface area contributed by atoms with Crippen molar-refractivity contribution < 1.29 is 25.5 Å². The fourth-order valence-corrected chi connectivity index (χ4v) is 5.67. The first-order chi connectivity index (χ1) is 18.6. The molecule has 0 aliphatic heterocycles. The fourth-order valence-electron chi connectivity index (χ4n) is 5.67. The minimum atomic E-state index is -1.20. The lowest BCUT2D eigenvalue weighted by atomic mass is 9.90. The van der Waals surface area contributed by atoms with Crippen molar-refractivity contribution in [1.82, 2.24) is 0 Å². The van der Waals surface area contributed by atoms with Gasteiger partial charge in [-0.25, -0.2) is 0 Å². The van der Waals surface area contributed by atoms with E-state index in [0.29, 0.717) is 19.6 Å². The van der Waals surface area contributed by atoms with Crippen molar-refractivity contribution in [1.29, 1.82) is 0 Å². The van der Waals surface area contributed by atoms with Crippen molar-refractivity contribution in [2.75, 3.05) is 13.2 Å². The predicted molar refractivity (Wildman–Crippen MR) is 161 cm³/mol. The molecule has 0 bridgehead atoms. The Morgan fingerprint density at radius 3 is 1.03 bits per heavy atom. The SMILES string of the molecule is OCCCCCCCCCCCCCCCCCCC(CCCO)CCCCC(O)CCCCCC(O)O. The summed E-state index contributed by atoms with van der Waals surface area (Å²) in [6.07, 6.45) is 31.6. The normalized spacial score (nSPS) is 13.4. The zero-order valence-electron chi connectivity index (χ0n) is 25.2. The second kappa shape index (κ2) is 31.3. The molecule has 0 rings (SSSR count). The van der Waals surface area contributed by atoms with Crippen LogP contribution in [0.4, 0.5) is 0 Å². The predicted octanol–water partition coefficient (Wildman–Crippen LogP) is 8.18. The molecule has 230 valence electrons. The Labute approximate surface area is 236 Å². The van der Waals surface area contributed by atoms with E-state index in [1.54, 1.807) is 0 Å². The first-order valence-electron chi connectivity index (χ1n) is 16.9. The van der Waals surface area contributed by atoms with Crippen LogP contribution in [0.25, 0.3) is 0 Å². The van der Waals surface area contributed by atoms with Crippen LogP contribution in [0.2, 0.25) is 0 Å². The molecule has 0 heterocycles. The van der Waals surface area contributed by atoms with Gasteiger partial charge in [0.25, 0.3) is 0 Å². The molecule has 0 radical (unpaired) electrons. The van der Waals surface area contributed by atoms with E-state index < -0.39 is 6.29 Å². The maximum Gasteiger partial charge on any atom is 0.151 e. The van der Waals surface area contributed by atoms with E-state index in [1.165, 1.54) is 116 Å². The van der Waals surface area contributed by atoms with E-state index in [2.05, 4.69) is 0 Å². The zero-order valence-corrected chi connectivity index (χ0v) is 25.2. The first-order valence-corrected chi connectivity index (χ1v) is 16.9. The number of aliphatic hydroxyl groups excluding tert-OH is 4. The van der Waals surface area contributed by atoms with Crippen LogP contribution < -0.4 is 0 Å². The third kappa shape index (κ3) is 30.3. The fraction of sp³-hybridized carbons (Fsp3) is 1.00. The monoisotopic (exact) mass is 545 g/mol. The van der Waals surface area contributed by atoms with Gasteiger partial charge in [-0.05, 0) is 50.9 Å². The van der Waals surface area contributed by atoms with Crippen LogP contribution in [0.15, 0.2) is 0 Å². The lowest BCUT2D eigenvalue weighted by Crippen LogP contribution is -2.08. The van der Waals surface area contributed by atoms with Gasteiger partial charge >= 0.3 is 0 Å².